The Balaban J connectivity index is 1.73. The fourth-order valence-corrected chi connectivity index (χ4v) is 3.68. The van der Waals surface area contributed by atoms with E-state index in [4.69, 9.17) is 4.74 Å². The smallest absolute Gasteiger partial charge is 0.0980 e. The number of rotatable bonds is 5. The van der Waals surface area contributed by atoms with Crippen LogP contribution in [0.4, 0.5) is 0 Å². The largest absolute Gasteiger partial charge is 0.372 e. The Labute approximate surface area is 124 Å². The van der Waals surface area contributed by atoms with E-state index in [1.165, 1.54) is 16.0 Å². The summed E-state index contributed by atoms with van der Waals surface area (Å²) in [6, 6.07) is 13.4. The van der Waals surface area contributed by atoms with Crippen molar-refractivity contribution in [2.45, 2.75) is 31.4 Å². The van der Waals surface area contributed by atoms with Crippen molar-refractivity contribution < 1.29 is 4.74 Å². The van der Waals surface area contributed by atoms with Crippen LogP contribution in [0.1, 0.15) is 28.5 Å². The van der Waals surface area contributed by atoms with Crippen molar-refractivity contribution in [3.63, 3.8) is 0 Å². The van der Waals surface area contributed by atoms with Gasteiger partial charge in [0.2, 0.25) is 0 Å². The van der Waals surface area contributed by atoms with Crippen molar-refractivity contribution in [2.75, 3.05) is 13.7 Å². The third-order valence-electron chi connectivity index (χ3n) is 4.05. The summed E-state index contributed by atoms with van der Waals surface area (Å²) in [5.74, 6) is 0. The van der Waals surface area contributed by atoms with E-state index in [0.29, 0.717) is 6.04 Å². The zero-order valence-electron chi connectivity index (χ0n) is 11.8. The van der Waals surface area contributed by atoms with Crippen molar-refractivity contribution in [2.24, 2.45) is 0 Å². The average molecular weight is 287 g/mol. The first kappa shape index (κ1) is 13.8. The molecule has 0 spiro atoms. The van der Waals surface area contributed by atoms with Gasteiger partial charge in [-0.2, -0.15) is 0 Å². The highest BCUT2D eigenvalue weighted by Crippen LogP contribution is 2.31. The molecule has 1 aromatic heterocycles. The standard InChI is InChI=1S/C17H21NOS/c1-18-16(9-8-14-6-4-12-20-14)17-15-7-3-2-5-13(15)10-11-19-17/h2-7,12,16-18H,8-11H2,1H3. The zero-order chi connectivity index (χ0) is 13.8. The maximum absolute atomic E-state index is 6.07. The van der Waals surface area contributed by atoms with E-state index in [-0.39, 0.29) is 6.10 Å². The number of fused-ring (bicyclic) bond motifs is 1. The summed E-state index contributed by atoms with van der Waals surface area (Å²) < 4.78 is 6.07. The van der Waals surface area contributed by atoms with E-state index in [2.05, 4.69) is 47.1 Å². The molecule has 0 saturated carbocycles. The van der Waals surface area contributed by atoms with Gasteiger partial charge in [-0.25, -0.2) is 0 Å². The summed E-state index contributed by atoms with van der Waals surface area (Å²) in [5.41, 5.74) is 2.81. The predicted octanol–water partition coefficient (Wildman–Crippen LogP) is 3.58. The fourth-order valence-electron chi connectivity index (χ4n) is 2.96. The van der Waals surface area contributed by atoms with Gasteiger partial charge in [-0.1, -0.05) is 30.3 Å². The van der Waals surface area contributed by atoms with Crippen LogP contribution in [0, 0.1) is 0 Å². The van der Waals surface area contributed by atoms with Crippen LogP contribution in [-0.4, -0.2) is 19.7 Å². The Morgan fingerprint density at radius 2 is 2.20 bits per heavy atom. The first-order chi connectivity index (χ1) is 9.88. The number of hydrogen-bond donors (Lipinski definition) is 1. The molecule has 1 aromatic carbocycles. The quantitative estimate of drug-likeness (QED) is 0.907. The molecule has 2 nitrogen and oxygen atoms in total. The molecule has 0 radical (unpaired) electrons. The second kappa shape index (κ2) is 6.53. The number of likely N-dealkylation sites (N-methyl/N-ethyl adjacent to an activating group) is 1. The van der Waals surface area contributed by atoms with Gasteiger partial charge in [0.1, 0.15) is 0 Å². The molecule has 2 unspecified atom stereocenters. The molecule has 0 bridgehead atoms. The summed E-state index contributed by atoms with van der Waals surface area (Å²) in [4.78, 5) is 1.45. The van der Waals surface area contributed by atoms with Crippen LogP contribution in [0.3, 0.4) is 0 Å². The predicted molar refractivity (Wildman–Crippen MR) is 84.3 cm³/mol. The molecule has 0 amide bonds. The summed E-state index contributed by atoms with van der Waals surface area (Å²) in [6.07, 6.45) is 3.44. The van der Waals surface area contributed by atoms with Crippen molar-refractivity contribution in [1.82, 2.24) is 5.32 Å². The molecule has 1 aliphatic heterocycles. The molecular formula is C17H21NOS. The van der Waals surface area contributed by atoms with E-state index >= 15 is 0 Å². The van der Waals surface area contributed by atoms with Crippen molar-refractivity contribution in [3.8, 4) is 0 Å². The Kier molecular flexibility index (Phi) is 4.51. The molecule has 3 heteroatoms. The van der Waals surface area contributed by atoms with Crippen molar-refractivity contribution in [1.29, 1.82) is 0 Å². The highest BCUT2D eigenvalue weighted by Gasteiger charge is 2.27. The van der Waals surface area contributed by atoms with E-state index in [0.717, 1.165) is 25.9 Å². The minimum Gasteiger partial charge on any atom is -0.372 e. The summed E-state index contributed by atoms with van der Waals surface area (Å²) in [6.45, 7) is 0.832. The number of ether oxygens (including phenoxy) is 1. The topological polar surface area (TPSA) is 21.3 Å². The van der Waals surface area contributed by atoms with E-state index < -0.39 is 0 Å². The second-order valence-corrected chi connectivity index (χ2v) is 6.29. The molecule has 1 N–H and O–H groups in total. The van der Waals surface area contributed by atoms with Crippen molar-refractivity contribution >= 4 is 11.3 Å². The first-order valence-electron chi connectivity index (χ1n) is 7.27. The Hall–Kier alpha value is -1.16. The summed E-state index contributed by atoms with van der Waals surface area (Å²) in [7, 11) is 2.04. The van der Waals surface area contributed by atoms with E-state index in [1.54, 1.807) is 0 Å². The molecule has 2 atom stereocenters. The fraction of sp³-hybridized carbons (Fsp3) is 0.412. The number of thiophene rings is 1. The Morgan fingerprint density at radius 3 is 3.00 bits per heavy atom. The maximum atomic E-state index is 6.07. The Bertz CT molecular complexity index is 538. The second-order valence-electron chi connectivity index (χ2n) is 5.25. The molecule has 0 fully saturated rings. The van der Waals surface area contributed by atoms with Crippen LogP contribution in [0.25, 0.3) is 0 Å². The molecule has 0 aliphatic carbocycles. The van der Waals surface area contributed by atoms with Crippen LogP contribution in [0.5, 0.6) is 0 Å². The molecule has 20 heavy (non-hydrogen) atoms. The highest BCUT2D eigenvalue weighted by molar-refractivity contribution is 7.09. The minimum atomic E-state index is 0.185. The van der Waals surface area contributed by atoms with Gasteiger partial charge in [-0.3, -0.25) is 0 Å². The van der Waals surface area contributed by atoms with Gasteiger partial charge in [0.25, 0.3) is 0 Å². The van der Waals surface area contributed by atoms with Crippen molar-refractivity contribution in [3.05, 3.63) is 57.8 Å². The molecule has 3 rings (SSSR count). The Morgan fingerprint density at radius 1 is 1.30 bits per heavy atom. The maximum Gasteiger partial charge on any atom is 0.0980 e. The molecule has 106 valence electrons. The van der Waals surface area contributed by atoms with Crippen LogP contribution in [-0.2, 0) is 17.6 Å². The van der Waals surface area contributed by atoms with E-state index in [1.807, 2.05) is 18.4 Å². The monoisotopic (exact) mass is 287 g/mol. The average Bonchev–Trinajstić information content (AvgIpc) is 3.01. The third kappa shape index (κ3) is 2.95. The molecule has 0 saturated heterocycles. The lowest BCUT2D eigenvalue weighted by Gasteiger charge is -2.32. The lowest BCUT2D eigenvalue weighted by atomic mass is 9.91. The lowest BCUT2D eigenvalue weighted by molar-refractivity contribution is 0.0152. The summed E-state index contributed by atoms with van der Waals surface area (Å²) in [5, 5.41) is 5.60. The first-order valence-corrected chi connectivity index (χ1v) is 8.15. The SMILES string of the molecule is CNC(CCc1cccs1)C1OCCc2ccccc21. The summed E-state index contributed by atoms with van der Waals surface area (Å²) >= 11 is 1.84. The number of benzene rings is 1. The molecule has 1 aliphatic rings. The van der Waals surface area contributed by atoms with Gasteiger partial charge in [0.15, 0.2) is 0 Å². The normalized spacial score (nSPS) is 19.6. The van der Waals surface area contributed by atoms with Crippen LogP contribution in [0.2, 0.25) is 0 Å². The van der Waals surface area contributed by atoms with Crippen LogP contribution < -0.4 is 5.32 Å². The third-order valence-corrected chi connectivity index (χ3v) is 4.98. The number of nitrogens with one attached hydrogen (secondary N) is 1. The van der Waals surface area contributed by atoms with Gasteiger partial charge in [-0.05, 0) is 48.9 Å². The van der Waals surface area contributed by atoms with E-state index in [9.17, 15) is 0 Å². The zero-order valence-corrected chi connectivity index (χ0v) is 12.7. The lowest BCUT2D eigenvalue weighted by Crippen LogP contribution is -2.36. The van der Waals surface area contributed by atoms with Crippen LogP contribution >= 0.6 is 11.3 Å². The molecule has 2 heterocycles. The van der Waals surface area contributed by atoms with Gasteiger partial charge in [0, 0.05) is 10.9 Å². The van der Waals surface area contributed by atoms with Crippen LogP contribution in [0.15, 0.2) is 41.8 Å². The van der Waals surface area contributed by atoms with Gasteiger partial charge in [-0.15, -0.1) is 11.3 Å². The highest BCUT2D eigenvalue weighted by atomic mass is 32.1. The number of hydrogen-bond acceptors (Lipinski definition) is 3. The molecular weight excluding hydrogens is 266 g/mol. The number of aryl methyl sites for hydroxylation is 1. The van der Waals surface area contributed by atoms with Gasteiger partial charge in [0.05, 0.1) is 12.7 Å². The minimum absolute atomic E-state index is 0.185. The van der Waals surface area contributed by atoms with Gasteiger partial charge >= 0.3 is 0 Å². The molecule has 2 aromatic rings. The van der Waals surface area contributed by atoms with Gasteiger partial charge < -0.3 is 10.1 Å².